The summed E-state index contributed by atoms with van der Waals surface area (Å²) in [5, 5.41) is 2.78. The molecule has 154 valence electrons. The predicted molar refractivity (Wildman–Crippen MR) is 118 cm³/mol. The summed E-state index contributed by atoms with van der Waals surface area (Å²) in [7, 11) is 0. The molecule has 0 fully saturated rings. The second kappa shape index (κ2) is 9.89. The monoisotopic (exact) mass is 422 g/mol. The van der Waals surface area contributed by atoms with Crippen molar-refractivity contribution in [3.05, 3.63) is 66.0 Å². The molecule has 1 amide bonds. The molecule has 0 radical (unpaired) electrons. The molecule has 1 aromatic heterocycles. The number of nitrogens with one attached hydrogen (secondary N) is 1. The molecular weight excluding hydrogens is 400 g/mol. The fourth-order valence-electron chi connectivity index (χ4n) is 2.60. The molecule has 7 nitrogen and oxygen atoms in total. The Bertz CT molecular complexity index is 1040. The minimum Gasteiger partial charge on any atom is -0.465 e. The number of aromatic nitrogens is 2. The topological polar surface area (TPSA) is 107 Å². The number of nitrogens with zero attached hydrogens (tertiary/aromatic N) is 2. The van der Waals surface area contributed by atoms with Crippen molar-refractivity contribution >= 4 is 35.1 Å². The van der Waals surface area contributed by atoms with E-state index in [4.69, 9.17) is 10.5 Å². The lowest BCUT2D eigenvalue weighted by Crippen LogP contribution is -2.17. The van der Waals surface area contributed by atoms with Crippen LogP contribution < -0.4 is 11.1 Å². The van der Waals surface area contributed by atoms with Gasteiger partial charge in [-0.1, -0.05) is 29.8 Å². The summed E-state index contributed by atoms with van der Waals surface area (Å²) in [6.45, 7) is 4.13. The molecule has 3 N–H and O–H groups in total. The van der Waals surface area contributed by atoms with Crippen molar-refractivity contribution in [3.8, 4) is 11.3 Å². The number of amides is 1. The minimum absolute atomic E-state index is 0.0602. The SMILES string of the molecule is CCOC(=O)CSc1ccc(NC(=O)c2nc(-c3ccc(C)cc3)cnc2N)cc1. The van der Waals surface area contributed by atoms with E-state index in [9.17, 15) is 9.59 Å². The molecule has 1 heterocycles. The van der Waals surface area contributed by atoms with E-state index in [1.165, 1.54) is 11.8 Å². The molecule has 8 heteroatoms. The van der Waals surface area contributed by atoms with E-state index in [2.05, 4.69) is 15.3 Å². The highest BCUT2D eigenvalue weighted by Gasteiger charge is 2.15. The van der Waals surface area contributed by atoms with Gasteiger partial charge in [-0.2, -0.15) is 0 Å². The molecule has 0 unspecified atom stereocenters. The fourth-order valence-corrected chi connectivity index (χ4v) is 3.30. The highest BCUT2D eigenvalue weighted by molar-refractivity contribution is 8.00. The number of hydrogen-bond acceptors (Lipinski definition) is 7. The lowest BCUT2D eigenvalue weighted by Gasteiger charge is -2.09. The van der Waals surface area contributed by atoms with Crippen LogP contribution in [0.1, 0.15) is 23.0 Å². The summed E-state index contributed by atoms with van der Waals surface area (Å²) >= 11 is 1.37. The second-order valence-corrected chi connectivity index (χ2v) is 7.48. The Kier molecular flexibility index (Phi) is 7.03. The molecule has 0 aliphatic heterocycles. The lowest BCUT2D eigenvalue weighted by molar-refractivity contribution is -0.139. The summed E-state index contributed by atoms with van der Waals surface area (Å²) in [6.07, 6.45) is 1.55. The van der Waals surface area contributed by atoms with Crippen LogP contribution in [0.3, 0.4) is 0 Å². The molecule has 0 bridgehead atoms. The number of thioether (sulfide) groups is 1. The summed E-state index contributed by atoms with van der Waals surface area (Å²) < 4.78 is 4.91. The Morgan fingerprint density at radius 3 is 2.47 bits per heavy atom. The lowest BCUT2D eigenvalue weighted by atomic mass is 10.1. The Labute approximate surface area is 179 Å². The standard InChI is InChI=1S/C22H22N4O3S/c1-3-29-19(27)13-30-17-10-8-16(9-11-17)25-22(28)20-21(23)24-12-18(26-20)15-6-4-14(2)5-7-15/h4-12H,3,13H2,1-2H3,(H2,23,24)(H,25,28). The normalized spacial score (nSPS) is 10.5. The molecule has 0 saturated heterocycles. The first-order valence-corrected chi connectivity index (χ1v) is 10.3. The van der Waals surface area contributed by atoms with Gasteiger partial charge in [-0.15, -0.1) is 11.8 Å². The summed E-state index contributed by atoms with van der Waals surface area (Å²) in [4.78, 5) is 33.5. The summed E-state index contributed by atoms with van der Waals surface area (Å²) in [5.74, 6) is -0.412. The first-order valence-electron chi connectivity index (χ1n) is 9.35. The molecule has 0 spiro atoms. The zero-order valence-electron chi connectivity index (χ0n) is 16.7. The van der Waals surface area contributed by atoms with Gasteiger partial charge in [0.05, 0.1) is 24.3 Å². The van der Waals surface area contributed by atoms with Crippen LogP contribution in [0, 0.1) is 6.92 Å². The highest BCUT2D eigenvalue weighted by Crippen LogP contribution is 2.22. The molecule has 3 aromatic rings. The van der Waals surface area contributed by atoms with Gasteiger partial charge >= 0.3 is 5.97 Å². The van der Waals surface area contributed by atoms with Crippen molar-refractivity contribution in [1.82, 2.24) is 9.97 Å². The Hall–Kier alpha value is -3.39. The maximum atomic E-state index is 12.7. The van der Waals surface area contributed by atoms with Crippen LogP contribution in [0.25, 0.3) is 11.3 Å². The van der Waals surface area contributed by atoms with Gasteiger partial charge in [0, 0.05) is 16.1 Å². The van der Waals surface area contributed by atoms with E-state index in [0.717, 1.165) is 16.0 Å². The highest BCUT2D eigenvalue weighted by atomic mass is 32.2. The van der Waals surface area contributed by atoms with Crippen LogP contribution in [-0.2, 0) is 9.53 Å². The third-order valence-corrected chi connectivity index (χ3v) is 5.12. The molecule has 30 heavy (non-hydrogen) atoms. The molecular formula is C22H22N4O3S. The zero-order chi connectivity index (χ0) is 21.5. The van der Waals surface area contributed by atoms with Crippen molar-refractivity contribution in [2.75, 3.05) is 23.4 Å². The Balaban J connectivity index is 1.69. The minimum atomic E-state index is -0.444. The number of aryl methyl sites for hydroxylation is 1. The van der Waals surface area contributed by atoms with E-state index in [-0.39, 0.29) is 23.2 Å². The van der Waals surface area contributed by atoms with E-state index in [1.54, 1.807) is 25.3 Å². The number of hydrogen-bond donors (Lipinski definition) is 2. The number of carbonyl (C=O) groups excluding carboxylic acids is 2. The molecule has 0 saturated carbocycles. The second-order valence-electron chi connectivity index (χ2n) is 6.43. The maximum absolute atomic E-state index is 12.7. The number of nitrogens with two attached hydrogens (primary N) is 1. The largest absolute Gasteiger partial charge is 0.465 e. The van der Waals surface area contributed by atoms with Crippen LogP contribution in [-0.4, -0.2) is 34.2 Å². The Morgan fingerprint density at radius 2 is 1.80 bits per heavy atom. The number of anilines is 2. The van der Waals surface area contributed by atoms with Crippen LogP contribution in [0.5, 0.6) is 0 Å². The zero-order valence-corrected chi connectivity index (χ0v) is 17.5. The molecule has 0 aliphatic rings. The van der Waals surface area contributed by atoms with Gasteiger partial charge in [-0.05, 0) is 38.1 Å². The number of rotatable bonds is 7. The first-order chi connectivity index (χ1) is 14.5. The average molecular weight is 423 g/mol. The van der Waals surface area contributed by atoms with Gasteiger partial charge in [0.2, 0.25) is 0 Å². The number of nitrogen functional groups attached to an aromatic ring is 1. The van der Waals surface area contributed by atoms with Gasteiger partial charge in [-0.25, -0.2) is 9.97 Å². The van der Waals surface area contributed by atoms with Crippen LogP contribution in [0.4, 0.5) is 11.5 Å². The van der Waals surface area contributed by atoms with Crippen molar-refractivity contribution in [3.63, 3.8) is 0 Å². The van der Waals surface area contributed by atoms with E-state index < -0.39 is 5.91 Å². The van der Waals surface area contributed by atoms with E-state index >= 15 is 0 Å². The third-order valence-electron chi connectivity index (χ3n) is 4.14. The molecule has 3 rings (SSSR count). The van der Waals surface area contributed by atoms with Gasteiger partial charge < -0.3 is 15.8 Å². The van der Waals surface area contributed by atoms with Gasteiger partial charge in [0.25, 0.3) is 5.91 Å². The Morgan fingerprint density at radius 1 is 1.10 bits per heavy atom. The summed E-state index contributed by atoms with van der Waals surface area (Å²) in [5.41, 5.74) is 9.08. The summed E-state index contributed by atoms with van der Waals surface area (Å²) in [6, 6.07) is 14.9. The smallest absolute Gasteiger partial charge is 0.316 e. The number of ether oxygens (including phenoxy) is 1. The van der Waals surface area contributed by atoms with Crippen LogP contribution in [0.2, 0.25) is 0 Å². The molecule has 0 atom stereocenters. The molecule has 2 aromatic carbocycles. The van der Waals surface area contributed by atoms with Crippen molar-refractivity contribution in [1.29, 1.82) is 0 Å². The van der Waals surface area contributed by atoms with Gasteiger partial charge in [-0.3, -0.25) is 9.59 Å². The van der Waals surface area contributed by atoms with Crippen molar-refractivity contribution in [2.24, 2.45) is 0 Å². The number of carbonyl (C=O) groups is 2. The quantitative estimate of drug-likeness (QED) is 0.439. The van der Waals surface area contributed by atoms with E-state index in [1.807, 2.05) is 43.3 Å². The van der Waals surface area contributed by atoms with E-state index in [0.29, 0.717) is 18.0 Å². The van der Waals surface area contributed by atoms with Crippen LogP contribution in [0.15, 0.2) is 59.6 Å². The predicted octanol–water partition coefficient (Wildman–Crippen LogP) is 3.94. The van der Waals surface area contributed by atoms with Crippen molar-refractivity contribution < 1.29 is 14.3 Å². The van der Waals surface area contributed by atoms with Gasteiger partial charge in [0.15, 0.2) is 11.5 Å². The number of esters is 1. The average Bonchev–Trinajstić information content (AvgIpc) is 2.74. The van der Waals surface area contributed by atoms with Gasteiger partial charge in [0.1, 0.15) is 0 Å². The van der Waals surface area contributed by atoms with Crippen LogP contribution >= 0.6 is 11.8 Å². The fraction of sp³-hybridized carbons (Fsp3) is 0.182. The third kappa shape index (κ3) is 5.57. The molecule has 0 aliphatic carbocycles. The van der Waals surface area contributed by atoms with Crippen molar-refractivity contribution in [2.45, 2.75) is 18.7 Å². The first kappa shape index (κ1) is 21.3. The maximum Gasteiger partial charge on any atom is 0.316 e. The number of benzene rings is 2.